The first kappa shape index (κ1) is 17.6. The van der Waals surface area contributed by atoms with Gasteiger partial charge in [-0.05, 0) is 37.5 Å². The number of anilines is 1. The second-order valence-electron chi connectivity index (χ2n) is 6.60. The minimum absolute atomic E-state index is 0.123. The number of carbonyl (C=O) groups is 2. The van der Waals surface area contributed by atoms with Crippen LogP contribution in [0.2, 0.25) is 0 Å². The molecule has 2 aliphatic rings. The van der Waals surface area contributed by atoms with Gasteiger partial charge in [0.05, 0.1) is 13.0 Å². The van der Waals surface area contributed by atoms with Crippen molar-refractivity contribution in [1.82, 2.24) is 9.80 Å². The van der Waals surface area contributed by atoms with Gasteiger partial charge in [0.25, 0.3) is 0 Å². The number of rotatable bonds is 4. The molecule has 0 aliphatic carbocycles. The zero-order valence-electron chi connectivity index (χ0n) is 14.9. The number of benzene rings is 1. The molecule has 2 heterocycles. The second kappa shape index (κ2) is 8.23. The van der Waals surface area contributed by atoms with Gasteiger partial charge < -0.3 is 19.4 Å². The molecule has 25 heavy (non-hydrogen) atoms. The Hall–Kier alpha value is -2.24. The molecule has 0 spiro atoms. The summed E-state index contributed by atoms with van der Waals surface area (Å²) in [5, 5.41) is 0. The van der Waals surface area contributed by atoms with E-state index in [1.54, 1.807) is 11.8 Å². The largest absolute Gasteiger partial charge is 0.450 e. The molecule has 0 unspecified atom stereocenters. The average molecular weight is 345 g/mol. The van der Waals surface area contributed by atoms with Crippen molar-refractivity contribution in [1.29, 1.82) is 0 Å². The summed E-state index contributed by atoms with van der Waals surface area (Å²) in [6, 6.07) is 8.35. The normalized spacial score (nSPS) is 17.7. The van der Waals surface area contributed by atoms with Gasteiger partial charge in [-0.25, -0.2) is 4.79 Å². The van der Waals surface area contributed by atoms with Crippen molar-refractivity contribution in [2.75, 3.05) is 50.8 Å². The van der Waals surface area contributed by atoms with E-state index in [0.29, 0.717) is 39.2 Å². The molecule has 1 aromatic carbocycles. The first-order valence-corrected chi connectivity index (χ1v) is 9.20. The Morgan fingerprint density at radius 3 is 2.12 bits per heavy atom. The molecule has 1 aromatic rings. The maximum absolute atomic E-state index is 12.5. The fourth-order valence-electron chi connectivity index (χ4n) is 3.44. The zero-order valence-corrected chi connectivity index (χ0v) is 14.9. The quantitative estimate of drug-likeness (QED) is 0.839. The third-order valence-corrected chi connectivity index (χ3v) is 4.92. The fourth-order valence-corrected chi connectivity index (χ4v) is 3.44. The molecule has 0 atom stereocenters. The number of ether oxygens (including phenoxy) is 1. The lowest BCUT2D eigenvalue weighted by Crippen LogP contribution is -2.51. The van der Waals surface area contributed by atoms with Crippen LogP contribution in [0.5, 0.6) is 0 Å². The van der Waals surface area contributed by atoms with Crippen LogP contribution in [0.3, 0.4) is 0 Å². The predicted octanol–water partition coefficient (Wildman–Crippen LogP) is 2.13. The van der Waals surface area contributed by atoms with E-state index in [1.165, 1.54) is 18.5 Å². The van der Waals surface area contributed by atoms with Crippen LogP contribution in [0.4, 0.5) is 10.5 Å². The predicted molar refractivity (Wildman–Crippen MR) is 96.8 cm³/mol. The highest BCUT2D eigenvalue weighted by Crippen LogP contribution is 2.20. The second-order valence-corrected chi connectivity index (χ2v) is 6.60. The number of hydrogen-bond donors (Lipinski definition) is 0. The van der Waals surface area contributed by atoms with E-state index in [1.807, 2.05) is 4.90 Å². The number of carbonyl (C=O) groups excluding carboxylic acids is 2. The number of amides is 2. The van der Waals surface area contributed by atoms with Crippen LogP contribution in [0.25, 0.3) is 0 Å². The third kappa shape index (κ3) is 4.44. The molecule has 0 radical (unpaired) electrons. The monoisotopic (exact) mass is 345 g/mol. The van der Waals surface area contributed by atoms with Crippen LogP contribution >= 0.6 is 0 Å². The summed E-state index contributed by atoms with van der Waals surface area (Å²) in [7, 11) is 0. The van der Waals surface area contributed by atoms with E-state index in [-0.39, 0.29) is 12.0 Å². The molecule has 0 bridgehead atoms. The molecular formula is C19H27N3O3. The van der Waals surface area contributed by atoms with Crippen LogP contribution in [-0.4, -0.2) is 67.7 Å². The van der Waals surface area contributed by atoms with Crippen LogP contribution in [0.15, 0.2) is 24.3 Å². The van der Waals surface area contributed by atoms with E-state index in [0.717, 1.165) is 18.7 Å². The van der Waals surface area contributed by atoms with Crippen molar-refractivity contribution in [2.45, 2.75) is 26.2 Å². The van der Waals surface area contributed by atoms with Crippen LogP contribution in [0.1, 0.15) is 25.3 Å². The van der Waals surface area contributed by atoms with Crippen molar-refractivity contribution >= 4 is 17.7 Å². The number of nitrogens with zero attached hydrogens (tertiary/aromatic N) is 3. The summed E-state index contributed by atoms with van der Waals surface area (Å²) in [5.41, 5.74) is 2.29. The minimum Gasteiger partial charge on any atom is -0.450 e. The molecule has 2 aliphatic heterocycles. The minimum atomic E-state index is -0.285. The molecule has 2 fully saturated rings. The van der Waals surface area contributed by atoms with Crippen molar-refractivity contribution < 1.29 is 14.3 Å². The first-order chi connectivity index (χ1) is 12.2. The van der Waals surface area contributed by atoms with E-state index in [2.05, 4.69) is 29.2 Å². The molecule has 6 nitrogen and oxygen atoms in total. The first-order valence-electron chi connectivity index (χ1n) is 9.20. The van der Waals surface area contributed by atoms with Crippen molar-refractivity contribution in [3.63, 3.8) is 0 Å². The van der Waals surface area contributed by atoms with E-state index in [4.69, 9.17) is 4.74 Å². The Kier molecular flexibility index (Phi) is 5.79. The smallest absolute Gasteiger partial charge is 0.409 e. The van der Waals surface area contributed by atoms with E-state index < -0.39 is 0 Å². The summed E-state index contributed by atoms with van der Waals surface area (Å²) in [5.74, 6) is 0.123. The van der Waals surface area contributed by atoms with Crippen LogP contribution in [-0.2, 0) is 16.0 Å². The van der Waals surface area contributed by atoms with Gasteiger partial charge in [-0.2, -0.15) is 0 Å². The maximum Gasteiger partial charge on any atom is 0.409 e. The summed E-state index contributed by atoms with van der Waals surface area (Å²) < 4.78 is 5.01. The Bertz CT molecular complexity index is 588. The van der Waals surface area contributed by atoms with E-state index >= 15 is 0 Å². The van der Waals surface area contributed by atoms with Gasteiger partial charge in [0.2, 0.25) is 5.91 Å². The highest BCUT2D eigenvalue weighted by atomic mass is 16.6. The van der Waals surface area contributed by atoms with Crippen molar-refractivity contribution in [3.8, 4) is 0 Å². The Balaban J connectivity index is 1.48. The molecule has 0 aromatic heterocycles. The number of hydrogen-bond acceptors (Lipinski definition) is 4. The lowest BCUT2D eigenvalue weighted by atomic mass is 10.1. The topological polar surface area (TPSA) is 53.1 Å². The standard InChI is InChI=1S/C19H27N3O3/c1-2-25-19(24)22-13-11-21(12-14-22)18(23)15-16-5-7-17(8-6-16)20-9-3-4-10-20/h5-8H,2-4,9-15H2,1H3. The molecule has 136 valence electrons. The number of piperazine rings is 1. The van der Waals surface area contributed by atoms with Gasteiger partial charge in [-0.3, -0.25) is 4.79 Å². The van der Waals surface area contributed by atoms with Gasteiger partial charge in [0, 0.05) is 45.0 Å². The molecular weight excluding hydrogens is 318 g/mol. The van der Waals surface area contributed by atoms with Gasteiger partial charge in [-0.15, -0.1) is 0 Å². The summed E-state index contributed by atoms with van der Waals surface area (Å²) in [6.07, 6.45) is 2.66. The lowest BCUT2D eigenvalue weighted by molar-refractivity contribution is -0.132. The van der Waals surface area contributed by atoms with Crippen LogP contribution in [0, 0.1) is 0 Å². The Labute approximate surface area is 149 Å². The van der Waals surface area contributed by atoms with Gasteiger partial charge in [0.15, 0.2) is 0 Å². The van der Waals surface area contributed by atoms with Gasteiger partial charge in [-0.1, -0.05) is 12.1 Å². The SMILES string of the molecule is CCOC(=O)N1CCN(C(=O)Cc2ccc(N3CCCC3)cc2)CC1. The fraction of sp³-hybridized carbons (Fsp3) is 0.579. The molecule has 2 amide bonds. The highest BCUT2D eigenvalue weighted by molar-refractivity contribution is 5.79. The van der Waals surface area contributed by atoms with E-state index in [9.17, 15) is 9.59 Å². The van der Waals surface area contributed by atoms with Crippen LogP contribution < -0.4 is 4.90 Å². The zero-order chi connectivity index (χ0) is 17.6. The molecule has 0 saturated carbocycles. The van der Waals surface area contributed by atoms with Crippen molar-refractivity contribution in [3.05, 3.63) is 29.8 Å². The molecule has 0 N–H and O–H groups in total. The lowest BCUT2D eigenvalue weighted by Gasteiger charge is -2.34. The summed E-state index contributed by atoms with van der Waals surface area (Å²) in [6.45, 7) is 6.66. The average Bonchev–Trinajstić information content (AvgIpc) is 3.17. The molecule has 3 rings (SSSR count). The summed E-state index contributed by atoms with van der Waals surface area (Å²) >= 11 is 0. The van der Waals surface area contributed by atoms with Gasteiger partial charge >= 0.3 is 6.09 Å². The highest BCUT2D eigenvalue weighted by Gasteiger charge is 2.24. The van der Waals surface area contributed by atoms with Crippen molar-refractivity contribution in [2.24, 2.45) is 0 Å². The molecule has 6 heteroatoms. The Morgan fingerprint density at radius 2 is 1.52 bits per heavy atom. The summed E-state index contributed by atoms with van der Waals surface area (Å²) in [4.78, 5) is 30.1. The van der Waals surface area contributed by atoms with Gasteiger partial charge in [0.1, 0.15) is 0 Å². The maximum atomic E-state index is 12.5. The third-order valence-electron chi connectivity index (χ3n) is 4.92. The Morgan fingerprint density at radius 1 is 0.920 bits per heavy atom. The molecule has 2 saturated heterocycles.